The summed E-state index contributed by atoms with van der Waals surface area (Å²) in [6.07, 6.45) is 4.90. The van der Waals surface area contributed by atoms with Gasteiger partial charge in [-0.1, -0.05) is 0 Å². The van der Waals surface area contributed by atoms with Crippen molar-refractivity contribution in [1.29, 1.82) is 0 Å². The highest BCUT2D eigenvalue weighted by molar-refractivity contribution is 5.55. The zero-order valence-electron chi connectivity index (χ0n) is 9.57. The van der Waals surface area contributed by atoms with Crippen molar-refractivity contribution in [3.8, 4) is 0 Å². The summed E-state index contributed by atoms with van der Waals surface area (Å²) >= 11 is 0. The molecule has 1 aromatic heterocycles. The van der Waals surface area contributed by atoms with E-state index in [-0.39, 0.29) is 5.69 Å². The fourth-order valence-electron chi connectivity index (χ4n) is 1.66. The SMILES string of the molecule is Cn1cc([N+](=O)[O-])c(C=CN2CCOCC2)n1. The zero-order valence-corrected chi connectivity index (χ0v) is 9.57. The molecule has 1 fully saturated rings. The Labute approximate surface area is 98.4 Å². The van der Waals surface area contributed by atoms with Crippen molar-refractivity contribution in [3.63, 3.8) is 0 Å². The Balaban J connectivity index is 2.11. The molecule has 2 rings (SSSR count). The van der Waals surface area contributed by atoms with E-state index >= 15 is 0 Å². The van der Waals surface area contributed by atoms with Gasteiger partial charge in [0.25, 0.3) is 0 Å². The maximum atomic E-state index is 10.8. The molecule has 92 valence electrons. The molecule has 1 aromatic rings. The van der Waals surface area contributed by atoms with Crippen LogP contribution in [0.1, 0.15) is 5.69 Å². The van der Waals surface area contributed by atoms with Gasteiger partial charge in [-0.05, 0) is 6.08 Å². The van der Waals surface area contributed by atoms with Gasteiger partial charge in [0.1, 0.15) is 6.20 Å². The van der Waals surface area contributed by atoms with E-state index < -0.39 is 4.92 Å². The Bertz CT molecular complexity index is 435. The van der Waals surface area contributed by atoms with Crippen LogP contribution in [0.3, 0.4) is 0 Å². The quantitative estimate of drug-likeness (QED) is 0.570. The molecule has 0 aromatic carbocycles. The highest BCUT2D eigenvalue weighted by Gasteiger charge is 2.16. The van der Waals surface area contributed by atoms with Gasteiger partial charge in [-0.2, -0.15) is 5.10 Å². The Morgan fingerprint density at radius 1 is 1.53 bits per heavy atom. The first-order valence-corrected chi connectivity index (χ1v) is 5.35. The standard InChI is InChI=1S/C10H14N4O3/c1-12-8-10(14(15)16)9(11-12)2-3-13-4-6-17-7-5-13/h2-3,8H,4-7H2,1H3. The first kappa shape index (κ1) is 11.6. The average molecular weight is 238 g/mol. The molecule has 0 aliphatic carbocycles. The molecule has 1 aliphatic rings. The fraction of sp³-hybridized carbons (Fsp3) is 0.500. The molecule has 1 saturated heterocycles. The van der Waals surface area contributed by atoms with Gasteiger partial charge < -0.3 is 9.64 Å². The molecule has 0 unspecified atom stereocenters. The van der Waals surface area contributed by atoms with Gasteiger partial charge in [-0.15, -0.1) is 0 Å². The molecular weight excluding hydrogens is 224 g/mol. The van der Waals surface area contributed by atoms with E-state index in [9.17, 15) is 10.1 Å². The lowest BCUT2D eigenvalue weighted by atomic mass is 10.3. The topological polar surface area (TPSA) is 73.4 Å². The van der Waals surface area contributed by atoms with E-state index in [2.05, 4.69) is 10.00 Å². The number of rotatable bonds is 3. The lowest BCUT2D eigenvalue weighted by Crippen LogP contribution is -2.31. The number of nitrogens with zero attached hydrogens (tertiary/aromatic N) is 4. The van der Waals surface area contributed by atoms with Crippen LogP contribution in [0.25, 0.3) is 6.08 Å². The minimum atomic E-state index is -0.425. The maximum absolute atomic E-state index is 10.8. The van der Waals surface area contributed by atoms with Crippen molar-refractivity contribution >= 4 is 11.8 Å². The number of morpholine rings is 1. The molecule has 17 heavy (non-hydrogen) atoms. The van der Waals surface area contributed by atoms with E-state index in [1.165, 1.54) is 10.9 Å². The normalized spacial score (nSPS) is 16.6. The van der Waals surface area contributed by atoms with Crippen molar-refractivity contribution in [2.45, 2.75) is 0 Å². The van der Waals surface area contributed by atoms with Crippen LogP contribution >= 0.6 is 0 Å². The minimum absolute atomic E-state index is 0.0250. The predicted octanol–water partition coefficient (Wildman–Crippen LogP) is 0.631. The number of aromatic nitrogens is 2. The van der Waals surface area contributed by atoms with Crippen molar-refractivity contribution < 1.29 is 9.66 Å². The van der Waals surface area contributed by atoms with Crippen LogP contribution in [-0.4, -0.2) is 45.9 Å². The van der Waals surface area contributed by atoms with E-state index in [1.807, 2.05) is 6.20 Å². The van der Waals surface area contributed by atoms with Gasteiger partial charge >= 0.3 is 5.69 Å². The van der Waals surface area contributed by atoms with Crippen molar-refractivity contribution in [2.24, 2.45) is 7.05 Å². The molecular formula is C10H14N4O3. The van der Waals surface area contributed by atoms with E-state index in [0.29, 0.717) is 18.9 Å². The fourth-order valence-corrected chi connectivity index (χ4v) is 1.66. The van der Waals surface area contributed by atoms with Crippen LogP contribution in [0.5, 0.6) is 0 Å². The largest absolute Gasteiger partial charge is 0.378 e. The number of hydrogen-bond acceptors (Lipinski definition) is 5. The summed E-state index contributed by atoms with van der Waals surface area (Å²) in [5.41, 5.74) is 0.404. The molecule has 0 spiro atoms. The zero-order chi connectivity index (χ0) is 12.3. The summed E-state index contributed by atoms with van der Waals surface area (Å²) in [6, 6.07) is 0. The summed E-state index contributed by atoms with van der Waals surface area (Å²) in [5.74, 6) is 0. The van der Waals surface area contributed by atoms with Crippen LogP contribution in [0.2, 0.25) is 0 Å². The summed E-state index contributed by atoms with van der Waals surface area (Å²) < 4.78 is 6.66. The maximum Gasteiger partial charge on any atom is 0.314 e. The lowest BCUT2D eigenvalue weighted by molar-refractivity contribution is -0.385. The second-order valence-electron chi connectivity index (χ2n) is 3.79. The van der Waals surface area contributed by atoms with Crippen molar-refractivity contribution in [1.82, 2.24) is 14.7 Å². The molecule has 0 N–H and O–H groups in total. The van der Waals surface area contributed by atoms with Gasteiger partial charge in [0.15, 0.2) is 5.69 Å². The Morgan fingerprint density at radius 2 is 2.24 bits per heavy atom. The van der Waals surface area contributed by atoms with Crippen LogP contribution in [0, 0.1) is 10.1 Å². The van der Waals surface area contributed by atoms with Gasteiger partial charge in [0.05, 0.1) is 18.1 Å². The Morgan fingerprint density at radius 3 is 2.88 bits per heavy atom. The highest BCUT2D eigenvalue weighted by Crippen LogP contribution is 2.17. The number of aryl methyl sites for hydroxylation is 1. The third-order valence-corrected chi connectivity index (χ3v) is 2.52. The molecule has 0 amide bonds. The second-order valence-corrected chi connectivity index (χ2v) is 3.79. The van der Waals surface area contributed by atoms with Gasteiger partial charge in [-0.3, -0.25) is 14.8 Å². The first-order valence-electron chi connectivity index (χ1n) is 5.35. The third kappa shape index (κ3) is 2.82. The van der Waals surface area contributed by atoms with Gasteiger partial charge in [-0.25, -0.2) is 0 Å². The smallest absolute Gasteiger partial charge is 0.314 e. The van der Waals surface area contributed by atoms with E-state index in [4.69, 9.17) is 4.74 Å². The second kappa shape index (κ2) is 4.96. The molecule has 7 heteroatoms. The molecule has 0 saturated carbocycles. The summed E-state index contributed by atoms with van der Waals surface area (Å²) in [6.45, 7) is 2.98. The average Bonchev–Trinajstić information content (AvgIpc) is 2.69. The number of hydrogen-bond donors (Lipinski definition) is 0. The van der Waals surface area contributed by atoms with E-state index in [0.717, 1.165) is 13.1 Å². The molecule has 0 atom stereocenters. The summed E-state index contributed by atoms with van der Waals surface area (Å²) in [5, 5.41) is 14.8. The number of nitro groups is 1. The third-order valence-electron chi connectivity index (χ3n) is 2.52. The van der Waals surface area contributed by atoms with Crippen LogP contribution in [-0.2, 0) is 11.8 Å². The Kier molecular flexibility index (Phi) is 3.38. The monoisotopic (exact) mass is 238 g/mol. The van der Waals surface area contributed by atoms with Crippen LogP contribution < -0.4 is 0 Å². The van der Waals surface area contributed by atoms with Crippen molar-refractivity contribution in [3.05, 3.63) is 28.2 Å². The van der Waals surface area contributed by atoms with Crippen molar-refractivity contribution in [2.75, 3.05) is 26.3 Å². The highest BCUT2D eigenvalue weighted by atomic mass is 16.6. The van der Waals surface area contributed by atoms with Gasteiger partial charge in [0.2, 0.25) is 0 Å². The summed E-state index contributed by atoms with van der Waals surface area (Å²) in [7, 11) is 1.67. The molecule has 1 aliphatic heterocycles. The molecule has 2 heterocycles. The van der Waals surface area contributed by atoms with Gasteiger partial charge in [0, 0.05) is 26.3 Å². The first-order chi connectivity index (χ1) is 8.16. The molecule has 0 radical (unpaired) electrons. The molecule has 0 bridgehead atoms. The predicted molar refractivity (Wildman–Crippen MR) is 61.3 cm³/mol. The van der Waals surface area contributed by atoms with Crippen LogP contribution in [0.15, 0.2) is 12.4 Å². The minimum Gasteiger partial charge on any atom is -0.378 e. The lowest BCUT2D eigenvalue weighted by Gasteiger charge is -2.24. The number of ether oxygens (including phenoxy) is 1. The summed E-state index contributed by atoms with van der Waals surface area (Å²) in [4.78, 5) is 12.4. The van der Waals surface area contributed by atoms with E-state index in [1.54, 1.807) is 13.1 Å². The van der Waals surface area contributed by atoms with Crippen LogP contribution in [0.4, 0.5) is 5.69 Å². The Hall–Kier alpha value is -1.89. The molecule has 7 nitrogen and oxygen atoms in total.